The predicted octanol–water partition coefficient (Wildman–Crippen LogP) is 23.7. The van der Waals surface area contributed by atoms with E-state index in [-0.39, 0.29) is 25.7 Å². The fourth-order valence-electron chi connectivity index (χ4n) is 12.3. The molecule has 0 bridgehead atoms. The average Bonchev–Trinajstić information content (AvgIpc) is 1.01. The highest BCUT2D eigenvalue weighted by Gasteiger charge is 2.30. The van der Waals surface area contributed by atoms with Crippen LogP contribution in [0.1, 0.15) is 414 Å². The van der Waals surface area contributed by atoms with Gasteiger partial charge in [0.25, 0.3) is 0 Å². The molecule has 3 N–H and O–H groups in total. The Morgan fingerprint density at radius 2 is 0.465 bits per heavy atom. The molecule has 0 heterocycles. The van der Waals surface area contributed by atoms with Crippen molar-refractivity contribution in [3.63, 3.8) is 0 Å². The lowest BCUT2D eigenvalue weighted by Gasteiger charge is -2.21. The van der Waals surface area contributed by atoms with Crippen LogP contribution in [0, 0.1) is 17.8 Å². The van der Waals surface area contributed by atoms with Crippen molar-refractivity contribution >= 4 is 39.5 Å². The summed E-state index contributed by atoms with van der Waals surface area (Å²) in [5.74, 6) is 0.164. The largest absolute Gasteiger partial charge is 0.472 e. The molecule has 5 atom stereocenters. The van der Waals surface area contributed by atoms with Crippen molar-refractivity contribution < 1.29 is 80.2 Å². The Balaban J connectivity index is 5.25. The summed E-state index contributed by atoms with van der Waals surface area (Å²) in [5, 5.41) is 10.6. The molecule has 0 fully saturated rings. The molecule has 0 spiro atoms. The van der Waals surface area contributed by atoms with Gasteiger partial charge in [-0.15, -0.1) is 0 Å². The number of hydrogen-bond acceptors (Lipinski definition) is 15. The Bertz CT molecular complexity index is 1920. The van der Waals surface area contributed by atoms with Crippen molar-refractivity contribution in [1.82, 2.24) is 0 Å². The normalized spacial score (nSPS) is 14.0. The summed E-state index contributed by atoms with van der Waals surface area (Å²) in [5.41, 5.74) is 0. The first-order chi connectivity index (χ1) is 47.7. The Labute approximate surface area is 607 Å². The van der Waals surface area contributed by atoms with Gasteiger partial charge < -0.3 is 33.8 Å². The van der Waals surface area contributed by atoms with Gasteiger partial charge in [0.15, 0.2) is 12.2 Å². The number of carbonyl (C=O) groups excluding carboxylic acids is 4. The van der Waals surface area contributed by atoms with E-state index in [9.17, 15) is 43.2 Å². The minimum absolute atomic E-state index is 0.106. The van der Waals surface area contributed by atoms with E-state index < -0.39 is 97.5 Å². The summed E-state index contributed by atoms with van der Waals surface area (Å²) in [6, 6.07) is 0. The maximum atomic E-state index is 13.1. The molecule has 588 valence electrons. The van der Waals surface area contributed by atoms with Crippen LogP contribution in [-0.4, -0.2) is 96.7 Å². The van der Waals surface area contributed by atoms with Crippen molar-refractivity contribution in [2.75, 3.05) is 39.6 Å². The van der Waals surface area contributed by atoms with Crippen molar-refractivity contribution in [1.29, 1.82) is 0 Å². The number of hydrogen-bond donors (Lipinski definition) is 3. The van der Waals surface area contributed by atoms with Crippen LogP contribution in [0.5, 0.6) is 0 Å². The zero-order chi connectivity index (χ0) is 73.0. The van der Waals surface area contributed by atoms with Gasteiger partial charge in [-0.05, 0) is 43.4 Å². The quantitative estimate of drug-likeness (QED) is 0.0222. The number of phosphoric acid groups is 2. The molecule has 2 unspecified atom stereocenters. The average molecular weight is 1450 g/mol. The van der Waals surface area contributed by atoms with Gasteiger partial charge in [0.2, 0.25) is 0 Å². The molecule has 19 heteroatoms. The zero-order valence-electron chi connectivity index (χ0n) is 65.0. The smallest absolute Gasteiger partial charge is 0.462 e. The third-order valence-electron chi connectivity index (χ3n) is 18.6. The third-order valence-corrected chi connectivity index (χ3v) is 20.5. The van der Waals surface area contributed by atoms with E-state index in [0.29, 0.717) is 31.6 Å². The number of esters is 4. The van der Waals surface area contributed by atoms with Gasteiger partial charge >= 0.3 is 39.5 Å². The lowest BCUT2D eigenvalue weighted by atomic mass is 10.0. The van der Waals surface area contributed by atoms with E-state index in [1.807, 2.05) is 0 Å². The van der Waals surface area contributed by atoms with Crippen molar-refractivity contribution in [2.24, 2.45) is 17.8 Å². The molecule has 0 aliphatic heterocycles. The number of rotatable bonds is 78. The second-order valence-electron chi connectivity index (χ2n) is 30.2. The molecule has 0 amide bonds. The number of ether oxygens (including phenoxy) is 4. The van der Waals surface area contributed by atoms with E-state index >= 15 is 0 Å². The SMILES string of the molecule is CCCCCCCCCCCCCCCCCCCC(=O)OC[C@H](COP(=O)(O)OC[C@@H](O)COP(=O)(O)OC[C@@H](COC(=O)CCCCCCCCCC(C)C)OC(=O)CCCCCCCCCCCCCCC(C)C)OC(=O)CCCCCCCCCCCCCCCCC(C)C. The third kappa shape index (κ3) is 74.1. The first-order valence-corrected chi connectivity index (χ1v) is 44.3. The maximum Gasteiger partial charge on any atom is 0.472 e. The van der Waals surface area contributed by atoms with Gasteiger partial charge in [-0.1, -0.05) is 363 Å². The van der Waals surface area contributed by atoms with Crippen LogP contribution in [0.4, 0.5) is 0 Å². The minimum atomic E-state index is -4.96. The van der Waals surface area contributed by atoms with E-state index in [0.717, 1.165) is 108 Å². The van der Waals surface area contributed by atoms with Gasteiger partial charge in [-0.3, -0.25) is 37.3 Å². The van der Waals surface area contributed by atoms with Crippen molar-refractivity contribution in [3.05, 3.63) is 0 Å². The van der Waals surface area contributed by atoms with Crippen LogP contribution in [0.2, 0.25) is 0 Å². The molecular formula is C80H156O17P2. The van der Waals surface area contributed by atoms with E-state index in [4.69, 9.17) is 37.0 Å². The Morgan fingerprint density at radius 3 is 0.687 bits per heavy atom. The fourth-order valence-corrected chi connectivity index (χ4v) is 13.9. The van der Waals surface area contributed by atoms with Crippen LogP contribution in [-0.2, 0) is 65.4 Å². The van der Waals surface area contributed by atoms with Crippen LogP contribution in [0.3, 0.4) is 0 Å². The van der Waals surface area contributed by atoms with Gasteiger partial charge in [-0.2, -0.15) is 0 Å². The van der Waals surface area contributed by atoms with Crippen LogP contribution >= 0.6 is 15.6 Å². The van der Waals surface area contributed by atoms with Crippen molar-refractivity contribution in [2.45, 2.75) is 433 Å². The highest BCUT2D eigenvalue weighted by Crippen LogP contribution is 2.45. The summed E-state index contributed by atoms with van der Waals surface area (Å²) < 4.78 is 68.7. The molecule has 0 saturated heterocycles. The summed E-state index contributed by atoms with van der Waals surface area (Å²) in [6.07, 6.45) is 58.3. The summed E-state index contributed by atoms with van der Waals surface area (Å²) >= 11 is 0. The minimum Gasteiger partial charge on any atom is -0.462 e. The topological polar surface area (TPSA) is 237 Å². The number of carbonyl (C=O) groups is 4. The predicted molar refractivity (Wildman–Crippen MR) is 405 cm³/mol. The summed E-state index contributed by atoms with van der Waals surface area (Å²) in [4.78, 5) is 73.0. The number of phosphoric ester groups is 2. The second-order valence-corrected chi connectivity index (χ2v) is 33.1. The number of aliphatic hydroxyl groups is 1. The van der Waals surface area contributed by atoms with E-state index in [1.54, 1.807) is 0 Å². The van der Waals surface area contributed by atoms with Gasteiger partial charge in [0, 0.05) is 25.7 Å². The van der Waals surface area contributed by atoms with Gasteiger partial charge in [0.1, 0.15) is 19.3 Å². The van der Waals surface area contributed by atoms with E-state index in [2.05, 4.69) is 48.5 Å². The second kappa shape index (κ2) is 70.4. The molecule has 0 aromatic rings. The molecule has 0 rings (SSSR count). The molecule has 17 nitrogen and oxygen atoms in total. The Kier molecular flexibility index (Phi) is 69.0. The molecular weight excluding hydrogens is 1290 g/mol. The fraction of sp³-hybridized carbons (Fsp3) is 0.950. The molecule has 0 aromatic carbocycles. The maximum absolute atomic E-state index is 13.1. The molecule has 0 saturated carbocycles. The van der Waals surface area contributed by atoms with Crippen LogP contribution < -0.4 is 0 Å². The molecule has 99 heavy (non-hydrogen) atoms. The number of aliphatic hydroxyl groups excluding tert-OH is 1. The van der Waals surface area contributed by atoms with Crippen LogP contribution in [0.15, 0.2) is 0 Å². The molecule has 0 aliphatic carbocycles. The monoisotopic (exact) mass is 1450 g/mol. The zero-order valence-corrected chi connectivity index (χ0v) is 66.8. The lowest BCUT2D eigenvalue weighted by molar-refractivity contribution is -0.161. The lowest BCUT2D eigenvalue weighted by Crippen LogP contribution is -2.30. The Hall–Kier alpha value is -1.94. The van der Waals surface area contributed by atoms with Gasteiger partial charge in [0.05, 0.1) is 26.4 Å². The Morgan fingerprint density at radius 1 is 0.273 bits per heavy atom. The highest BCUT2D eigenvalue weighted by molar-refractivity contribution is 7.47. The first kappa shape index (κ1) is 97.1. The number of unbranched alkanes of at least 4 members (excludes halogenated alkanes) is 46. The highest BCUT2D eigenvalue weighted by atomic mass is 31.2. The molecule has 0 aliphatic rings. The van der Waals surface area contributed by atoms with Gasteiger partial charge in [-0.25, -0.2) is 9.13 Å². The molecule has 0 radical (unpaired) electrons. The summed E-state index contributed by atoms with van der Waals surface area (Å²) in [7, 11) is -9.92. The standard InChI is InChI=1S/C80H156O17P2/c1-8-9-10-11-12-13-14-15-16-17-18-22-28-33-40-47-54-61-77(82)90-67-75(96-79(84)63-56-49-41-34-29-23-20-19-21-26-31-37-44-51-58-71(2)3)69-94-98(86,87)92-65-74(81)66-93-99(88,89)95-70-76(68-91-78(83)62-55-48-43-36-39-46-53-60-73(6)7)97-80(85)64-57-50-42-35-30-25-24-27-32-38-45-52-59-72(4)5/h71-76,81H,8-70H2,1-7H3,(H,86,87)(H,88,89)/t74-,75-,76-/m1/s1. The summed E-state index contributed by atoms with van der Waals surface area (Å²) in [6.45, 7) is 11.9. The van der Waals surface area contributed by atoms with Crippen molar-refractivity contribution in [3.8, 4) is 0 Å². The first-order valence-electron chi connectivity index (χ1n) is 41.3. The van der Waals surface area contributed by atoms with E-state index in [1.165, 1.54) is 218 Å². The van der Waals surface area contributed by atoms with Crippen LogP contribution in [0.25, 0.3) is 0 Å². The molecule has 0 aromatic heterocycles.